The average Bonchev–Trinajstić information content (AvgIpc) is 3.07. The monoisotopic (exact) mass is 447 g/mol. The second kappa shape index (κ2) is 9.51. The Kier molecular flexibility index (Phi) is 6.81. The fraction of sp³-hybridized carbons (Fsp3) is 0.143. The van der Waals surface area contributed by atoms with Crippen molar-refractivity contribution in [1.29, 1.82) is 0 Å². The van der Waals surface area contributed by atoms with Crippen molar-refractivity contribution in [3.63, 3.8) is 0 Å². The minimum absolute atomic E-state index is 0.0609. The molecule has 9 heteroatoms. The number of benzene rings is 2. The van der Waals surface area contributed by atoms with Crippen molar-refractivity contribution in [2.24, 2.45) is 0 Å². The first-order valence-corrected chi connectivity index (χ1v) is 9.96. The van der Waals surface area contributed by atoms with E-state index in [1.165, 1.54) is 0 Å². The molecule has 3 rings (SSSR count). The predicted molar refractivity (Wildman–Crippen MR) is 115 cm³/mol. The fourth-order valence-electron chi connectivity index (χ4n) is 2.80. The fourth-order valence-corrected chi connectivity index (χ4v) is 4.20. The van der Waals surface area contributed by atoms with Crippen LogP contribution >= 0.6 is 22.9 Å². The molecular weight excluding hydrogens is 430 g/mol. The summed E-state index contributed by atoms with van der Waals surface area (Å²) >= 11 is 7.30. The smallest absolute Gasteiger partial charge is 0.349 e. The number of aliphatic carboxylic acids is 1. The van der Waals surface area contributed by atoms with Crippen LogP contribution < -0.4 is 14.8 Å². The molecule has 0 aliphatic heterocycles. The van der Waals surface area contributed by atoms with E-state index >= 15 is 0 Å². The molecule has 0 aliphatic rings. The van der Waals surface area contributed by atoms with Gasteiger partial charge >= 0.3 is 11.9 Å². The van der Waals surface area contributed by atoms with E-state index in [9.17, 15) is 14.7 Å². The number of rotatable bonds is 9. The summed E-state index contributed by atoms with van der Waals surface area (Å²) in [5, 5.41) is 21.7. The van der Waals surface area contributed by atoms with Gasteiger partial charge in [-0.15, -0.1) is 11.3 Å². The third kappa shape index (κ3) is 4.84. The topological polar surface area (TPSA) is 105 Å². The number of ether oxygens (including phenoxy) is 2. The summed E-state index contributed by atoms with van der Waals surface area (Å²) in [4.78, 5) is 22.7. The van der Waals surface area contributed by atoms with Crippen molar-refractivity contribution in [3.05, 3.63) is 64.0 Å². The van der Waals surface area contributed by atoms with E-state index in [4.69, 9.17) is 26.2 Å². The highest BCUT2D eigenvalue weighted by Crippen LogP contribution is 2.46. The Morgan fingerprint density at radius 3 is 2.50 bits per heavy atom. The number of hydrogen-bond donors (Lipinski definition) is 3. The van der Waals surface area contributed by atoms with E-state index in [1.807, 2.05) is 36.4 Å². The second-order valence-corrected chi connectivity index (χ2v) is 7.54. The minimum Gasteiger partial charge on any atom is -0.496 e. The van der Waals surface area contributed by atoms with E-state index in [1.54, 1.807) is 19.2 Å². The molecule has 3 N–H and O–H groups in total. The second-order valence-electron chi connectivity index (χ2n) is 6.14. The number of hydrogen-bond acceptors (Lipinski definition) is 6. The SMILES string of the molecule is COc1ccc(-c2sc(C(=O)O)c(OCC(=O)O)c2Cl)cc1CNc1ccccc1. The summed E-state index contributed by atoms with van der Waals surface area (Å²) in [6.45, 7) is -0.219. The van der Waals surface area contributed by atoms with Crippen molar-refractivity contribution in [3.8, 4) is 21.9 Å². The molecule has 0 fully saturated rings. The van der Waals surface area contributed by atoms with E-state index in [2.05, 4.69) is 5.32 Å². The minimum atomic E-state index is -1.24. The number of aromatic carboxylic acids is 1. The van der Waals surface area contributed by atoms with Crippen LogP contribution in [0, 0.1) is 0 Å². The first kappa shape index (κ1) is 21.5. The van der Waals surface area contributed by atoms with Gasteiger partial charge in [0.2, 0.25) is 0 Å². The van der Waals surface area contributed by atoms with Crippen molar-refractivity contribution in [2.75, 3.05) is 19.0 Å². The Bertz CT molecular complexity index is 1070. The van der Waals surface area contributed by atoms with E-state index in [0.29, 0.717) is 22.7 Å². The molecule has 0 aliphatic carbocycles. The lowest BCUT2D eigenvalue weighted by Gasteiger charge is -2.12. The zero-order valence-corrected chi connectivity index (χ0v) is 17.4. The van der Waals surface area contributed by atoms with Gasteiger partial charge in [-0.3, -0.25) is 0 Å². The van der Waals surface area contributed by atoms with Crippen molar-refractivity contribution in [2.45, 2.75) is 6.54 Å². The van der Waals surface area contributed by atoms with Crippen LogP contribution in [0.1, 0.15) is 15.2 Å². The van der Waals surface area contributed by atoms with Crippen LogP contribution in [-0.2, 0) is 11.3 Å². The zero-order valence-electron chi connectivity index (χ0n) is 15.8. The number of carbonyl (C=O) groups is 2. The number of nitrogens with one attached hydrogen (secondary N) is 1. The highest BCUT2D eigenvalue weighted by molar-refractivity contribution is 7.18. The molecule has 7 nitrogen and oxygen atoms in total. The lowest BCUT2D eigenvalue weighted by atomic mass is 10.1. The van der Waals surface area contributed by atoms with Gasteiger partial charge in [0, 0.05) is 17.8 Å². The van der Waals surface area contributed by atoms with Crippen molar-refractivity contribution < 1.29 is 29.3 Å². The maximum absolute atomic E-state index is 11.6. The quantitative estimate of drug-likeness (QED) is 0.430. The highest BCUT2D eigenvalue weighted by Gasteiger charge is 2.25. The van der Waals surface area contributed by atoms with Crippen LogP contribution in [0.25, 0.3) is 10.4 Å². The lowest BCUT2D eigenvalue weighted by molar-refractivity contribution is -0.139. The summed E-state index contributed by atoms with van der Waals surface area (Å²) < 4.78 is 10.6. The standard InChI is InChI=1S/C21H18ClNO6S/c1-28-15-8-7-12(9-13(15)10-23-14-5-3-2-4-6-14)19-17(22)18(29-11-16(24)25)20(30-19)21(26)27/h2-9,23H,10-11H2,1H3,(H,24,25)(H,26,27). The van der Waals surface area contributed by atoms with Crippen LogP contribution in [0.4, 0.5) is 5.69 Å². The summed E-state index contributed by atoms with van der Waals surface area (Å²) in [7, 11) is 1.57. The number of para-hydroxylation sites is 1. The maximum atomic E-state index is 11.6. The molecule has 0 amide bonds. The van der Waals surface area contributed by atoms with Crippen LogP contribution in [0.5, 0.6) is 11.5 Å². The molecule has 1 heterocycles. The van der Waals surface area contributed by atoms with Crippen molar-refractivity contribution >= 4 is 40.6 Å². The summed E-state index contributed by atoms with van der Waals surface area (Å²) in [5.74, 6) is -1.95. The number of anilines is 1. The van der Waals surface area contributed by atoms with E-state index < -0.39 is 18.5 Å². The largest absolute Gasteiger partial charge is 0.496 e. The van der Waals surface area contributed by atoms with Gasteiger partial charge in [0.15, 0.2) is 17.2 Å². The highest BCUT2D eigenvalue weighted by atomic mass is 35.5. The number of methoxy groups -OCH3 is 1. The molecule has 2 aromatic carbocycles. The molecule has 0 atom stereocenters. The number of carboxylic acid groups (broad SMARTS) is 2. The molecule has 0 saturated carbocycles. The van der Waals surface area contributed by atoms with Gasteiger partial charge in [-0.05, 0) is 35.9 Å². The normalized spacial score (nSPS) is 10.5. The first-order chi connectivity index (χ1) is 14.4. The van der Waals surface area contributed by atoms with Gasteiger partial charge in [-0.2, -0.15) is 0 Å². The maximum Gasteiger partial charge on any atom is 0.349 e. The molecule has 0 spiro atoms. The van der Waals surface area contributed by atoms with Gasteiger partial charge in [0.05, 0.1) is 12.0 Å². The third-order valence-electron chi connectivity index (χ3n) is 4.14. The number of thiophene rings is 1. The van der Waals surface area contributed by atoms with Crippen LogP contribution in [0.3, 0.4) is 0 Å². The van der Waals surface area contributed by atoms with Crippen LogP contribution in [0.15, 0.2) is 48.5 Å². The molecule has 3 aromatic rings. The number of carboxylic acids is 2. The summed E-state index contributed by atoms with van der Waals surface area (Å²) in [5.41, 5.74) is 2.45. The average molecular weight is 448 g/mol. The van der Waals surface area contributed by atoms with Gasteiger partial charge in [0.25, 0.3) is 0 Å². The lowest BCUT2D eigenvalue weighted by Crippen LogP contribution is -2.10. The van der Waals surface area contributed by atoms with E-state index in [0.717, 1.165) is 22.6 Å². The van der Waals surface area contributed by atoms with Gasteiger partial charge < -0.3 is 25.0 Å². The van der Waals surface area contributed by atoms with Gasteiger partial charge in [-0.1, -0.05) is 29.8 Å². The first-order valence-electron chi connectivity index (χ1n) is 8.77. The molecule has 0 unspecified atom stereocenters. The molecule has 156 valence electrons. The molecule has 30 heavy (non-hydrogen) atoms. The summed E-state index contributed by atoms with van der Waals surface area (Å²) in [6, 6.07) is 15.0. The Labute approximate surface area is 181 Å². The summed E-state index contributed by atoms with van der Waals surface area (Å²) in [6.07, 6.45) is 0. The Morgan fingerprint density at radius 2 is 1.87 bits per heavy atom. The molecule has 0 bridgehead atoms. The van der Waals surface area contributed by atoms with E-state index in [-0.39, 0.29) is 15.6 Å². The molecule has 0 radical (unpaired) electrons. The Morgan fingerprint density at radius 1 is 1.13 bits per heavy atom. The van der Waals surface area contributed by atoms with Crippen LogP contribution in [0.2, 0.25) is 5.02 Å². The van der Waals surface area contributed by atoms with Crippen LogP contribution in [-0.4, -0.2) is 35.9 Å². The predicted octanol–water partition coefficient (Wildman–Crippen LogP) is 4.85. The Balaban J connectivity index is 1.96. The van der Waals surface area contributed by atoms with Gasteiger partial charge in [-0.25, -0.2) is 9.59 Å². The van der Waals surface area contributed by atoms with Crippen molar-refractivity contribution in [1.82, 2.24) is 0 Å². The Hall–Kier alpha value is -3.23. The number of halogens is 1. The molecule has 1 aromatic heterocycles. The third-order valence-corrected chi connectivity index (χ3v) is 5.82. The molecular formula is C21H18ClNO6S. The molecule has 0 saturated heterocycles. The zero-order chi connectivity index (χ0) is 21.7. The van der Waals surface area contributed by atoms with Gasteiger partial charge in [0.1, 0.15) is 10.8 Å².